The number of rotatable bonds is 3. The van der Waals surface area contributed by atoms with E-state index in [1.165, 1.54) is 33.1 Å². The molecule has 0 aromatic carbocycles. The van der Waals surface area contributed by atoms with E-state index in [0.29, 0.717) is 15.9 Å². The molecule has 3 rings (SSSR count). The number of aryl methyl sites for hydroxylation is 1. The summed E-state index contributed by atoms with van der Waals surface area (Å²) in [5.41, 5.74) is 0.356. The Balaban J connectivity index is 2.10. The topological polar surface area (TPSA) is 90.0 Å². The van der Waals surface area contributed by atoms with Crippen LogP contribution in [0.3, 0.4) is 0 Å². The molecule has 0 aliphatic carbocycles. The van der Waals surface area contributed by atoms with Crippen LogP contribution in [0.15, 0.2) is 28.8 Å². The fraction of sp³-hybridized carbons (Fsp3) is 0.167. The van der Waals surface area contributed by atoms with Crippen molar-refractivity contribution in [1.29, 1.82) is 0 Å². The summed E-state index contributed by atoms with van der Waals surface area (Å²) in [4.78, 5) is 28.3. The average molecular weight is 290 g/mol. The number of aromatic carboxylic acids is 1. The Morgan fingerprint density at radius 3 is 3.05 bits per heavy atom. The average Bonchev–Trinajstić information content (AvgIpc) is 3.01. The Labute approximate surface area is 116 Å². The summed E-state index contributed by atoms with van der Waals surface area (Å²) < 4.78 is 2.84. The minimum atomic E-state index is -1.06. The third-order valence-corrected chi connectivity index (χ3v) is 3.88. The van der Waals surface area contributed by atoms with Crippen molar-refractivity contribution in [1.82, 2.24) is 19.3 Å². The van der Waals surface area contributed by atoms with Crippen LogP contribution in [0.25, 0.3) is 10.2 Å². The molecule has 8 heteroatoms. The number of carboxylic acid groups (broad SMARTS) is 1. The summed E-state index contributed by atoms with van der Waals surface area (Å²) in [6.07, 6.45) is 2.71. The third-order valence-electron chi connectivity index (χ3n) is 3.06. The fourth-order valence-electron chi connectivity index (χ4n) is 2.00. The number of carbonyl (C=O) groups is 1. The van der Waals surface area contributed by atoms with E-state index >= 15 is 0 Å². The van der Waals surface area contributed by atoms with Crippen molar-refractivity contribution in [2.45, 2.75) is 6.54 Å². The monoisotopic (exact) mass is 290 g/mol. The van der Waals surface area contributed by atoms with Crippen LogP contribution < -0.4 is 5.56 Å². The Hall–Kier alpha value is -2.48. The lowest BCUT2D eigenvalue weighted by Gasteiger charge is -2.07. The fourth-order valence-corrected chi connectivity index (χ4v) is 2.72. The van der Waals surface area contributed by atoms with Crippen molar-refractivity contribution < 1.29 is 9.90 Å². The van der Waals surface area contributed by atoms with E-state index in [0.717, 1.165) is 0 Å². The van der Waals surface area contributed by atoms with Gasteiger partial charge in [0.05, 0.1) is 30.1 Å². The van der Waals surface area contributed by atoms with Gasteiger partial charge in [0.1, 0.15) is 10.4 Å². The number of hydrogen-bond donors (Lipinski definition) is 1. The van der Waals surface area contributed by atoms with Crippen molar-refractivity contribution in [3.05, 3.63) is 45.6 Å². The highest BCUT2D eigenvalue weighted by Crippen LogP contribution is 2.14. The number of hydrogen-bond acceptors (Lipinski definition) is 5. The van der Waals surface area contributed by atoms with Crippen LogP contribution in [0.1, 0.15) is 16.1 Å². The van der Waals surface area contributed by atoms with E-state index in [9.17, 15) is 9.59 Å². The molecule has 0 atom stereocenters. The van der Waals surface area contributed by atoms with Gasteiger partial charge in [-0.2, -0.15) is 5.10 Å². The Bertz CT molecular complexity index is 861. The second kappa shape index (κ2) is 4.57. The van der Waals surface area contributed by atoms with Crippen LogP contribution in [-0.4, -0.2) is 30.4 Å². The predicted molar refractivity (Wildman–Crippen MR) is 73.1 cm³/mol. The molecule has 0 radical (unpaired) electrons. The van der Waals surface area contributed by atoms with E-state index in [2.05, 4.69) is 10.1 Å². The van der Waals surface area contributed by atoms with E-state index in [1.807, 2.05) is 0 Å². The minimum Gasteiger partial charge on any atom is -0.478 e. The van der Waals surface area contributed by atoms with Crippen LogP contribution in [0.2, 0.25) is 0 Å². The van der Waals surface area contributed by atoms with Gasteiger partial charge < -0.3 is 5.11 Å². The van der Waals surface area contributed by atoms with E-state index in [1.54, 1.807) is 18.5 Å². The van der Waals surface area contributed by atoms with Crippen LogP contribution >= 0.6 is 11.3 Å². The molecule has 0 aliphatic heterocycles. The van der Waals surface area contributed by atoms with Gasteiger partial charge >= 0.3 is 5.97 Å². The van der Waals surface area contributed by atoms with Crippen molar-refractivity contribution in [3.63, 3.8) is 0 Å². The summed E-state index contributed by atoms with van der Waals surface area (Å²) in [6, 6.07) is 1.72. The molecule has 0 aliphatic rings. The van der Waals surface area contributed by atoms with Gasteiger partial charge in [0, 0.05) is 7.05 Å². The summed E-state index contributed by atoms with van der Waals surface area (Å²) >= 11 is 1.39. The third kappa shape index (κ3) is 1.90. The van der Waals surface area contributed by atoms with Crippen LogP contribution in [0, 0.1) is 0 Å². The smallest absolute Gasteiger partial charge is 0.339 e. The highest BCUT2D eigenvalue weighted by atomic mass is 32.1. The Kier molecular flexibility index (Phi) is 2.87. The van der Waals surface area contributed by atoms with Gasteiger partial charge in [0.15, 0.2) is 0 Å². The van der Waals surface area contributed by atoms with Gasteiger partial charge in [-0.1, -0.05) is 0 Å². The summed E-state index contributed by atoms with van der Waals surface area (Å²) in [5, 5.41) is 15.4. The highest BCUT2D eigenvalue weighted by molar-refractivity contribution is 7.16. The molecule has 7 nitrogen and oxygen atoms in total. The lowest BCUT2D eigenvalue weighted by molar-refractivity contribution is 0.0695. The van der Waals surface area contributed by atoms with E-state index in [4.69, 9.17) is 5.11 Å². The molecular formula is C12H10N4O3S. The van der Waals surface area contributed by atoms with Crippen molar-refractivity contribution in [2.75, 3.05) is 0 Å². The first-order valence-electron chi connectivity index (χ1n) is 5.74. The first kappa shape index (κ1) is 12.5. The molecule has 0 saturated carbocycles. The first-order valence-corrected chi connectivity index (χ1v) is 6.62. The van der Waals surface area contributed by atoms with Crippen molar-refractivity contribution >= 4 is 27.5 Å². The number of aromatic nitrogens is 4. The molecule has 0 fully saturated rings. The van der Waals surface area contributed by atoms with Gasteiger partial charge in [0.25, 0.3) is 5.56 Å². The molecule has 0 saturated heterocycles. The van der Waals surface area contributed by atoms with Crippen LogP contribution in [0.5, 0.6) is 0 Å². The molecule has 0 bridgehead atoms. The second-order valence-electron chi connectivity index (χ2n) is 4.25. The molecule has 3 aromatic heterocycles. The molecule has 0 amide bonds. The van der Waals surface area contributed by atoms with Crippen LogP contribution in [-0.2, 0) is 13.6 Å². The maximum absolute atomic E-state index is 12.3. The number of fused-ring (bicyclic) bond motifs is 1. The predicted octanol–water partition coefficient (Wildman–Crippen LogP) is 0.938. The summed E-state index contributed by atoms with van der Waals surface area (Å²) in [5.74, 6) is -1.06. The number of thiophene rings is 1. The molecule has 20 heavy (non-hydrogen) atoms. The van der Waals surface area contributed by atoms with Gasteiger partial charge in [-0.25, -0.2) is 9.78 Å². The highest BCUT2D eigenvalue weighted by Gasteiger charge is 2.16. The van der Waals surface area contributed by atoms with Gasteiger partial charge in [0.2, 0.25) is 0 Å². The Morgan fingerprint density at radius 1 is 1.50 bits per heavy atom. The van der Waals surface area contributed by atoms with Crippen LogP contribution in [0.4, 0.5) is 0 Å². The first-order chi connectivity index (χ1) is 9.58. The summed E-state index contributed by atoms with van der Waals surface area (Å²) in [7, 11) is 1.64. The summed E-state index contributed by atoms with van der Waals surface area (Å²) in [6.45, 7) is 0.121. The van der Waals surface area contributed by atoms with Gasteiger partial charge in [-0.15, -0.1) is 11.3 Å². The second-order valence-corrected chi connectivity index (χ2v) is 5.15. The van der Waals surface area contributed by atoms with Gasteiger partial charge in [-0.3, -0.25) is 14.0 Å². The zero-order valence-corrected chi connectivity index (χ0v) is 11.3. The normalized spacial score (nSPS) is 11.1. The minimum absolute atomic E-state index is 0.0878. The zero-order chi connectivity index (χ0) is 14.3. The Morgan fingerprint density at radius 2 is 2.30 bits per heavy atom. The molecule has 102 valence electrons. The molecule has 0 spiro atoms. The molecule has 3 heterocycles. The van der Waals surface area contributed by atoms with E-state index < -0.39 is 5.97 Å². The van der Waals surface area contributed by atoms with Crippen molar-refractivity contribution in [3.8, 4) is 0 Å². The SMILES string of the molecule is Cn1ncc(C(=O)O)c1Cn1cnc2sccc2c1=O. The largest absolute Gasteiger partial charge is 0.478 e. The maximum atomic E-state index is 12.3. The zero-order valence-electron chi connectivity index (χ0n) is 10.5. The molecule has 0 unspecified atom stereocenters. The van der Waals surface area contributed by atoms with Gasteiger partial charge in [-0.05, 0) is 11.4 Å². The molecular weight excluding hydrogens is 280 g/mol. The number of carboxylic acids is 1. The standard InChI is InChI=1S/C12H10N4O3S/c1-15-9(8(4-14-15)12(18)19)5-16-6-13-10-7(11(16)17)2-3-20-10/h2-4,6H,5H2,1H3,(H,18,19). The number of nitrogens with zero attached hydrogens (tertiary/aromatic N) is 4. The van der Waals surface area contributed by atoms with Crippen molar-refractivity contribution in [2.24, 2.45) is 7.05 Å². The molecule has 3 aromatic rings. The maximum Gasteiger partial charge on any atom is 0.339 e. The molecule has 1 N–H and O–H groups in total. The van der Waals surface area contributed by atoms with E-state index in [-0.39, 0.29) is 17.7 Å². The lowest BCUT2D eigenvalue weighted by Crippen LogP contribution is -2.22. The lowest BCUT2D eigenvalue weighted by atomic mass is 10.2. The quantitative estimate of drug-likeness (QED) is 0.775.